The number of hydrogen-bond acceptors (Lipinski definition) is 3. The highest BCUT2D eigenvalue weighted by molar-refractivity contribution is 5.91. The lowest BCUT2D eigenvalue weighted by molar-refractivity contribution is -0.137. The number of urea groups is 1. The Morgan fingerprint density at radius 3 is 2.43 bits per heavy atom. The van der Waals surface area contributed by atoms with Crippen LogP contribution in [0.2, 0.25) is 0 Å². The molecule has 116 valence electrons. The van der Waals surface area contributed by atoms with Gasteiger partial charge < -0.3 is 15.2 Å². The molecule has 0 aromatic heterocycles. The van der Waals surface area contributed by atoms with Gasteiger partial charge in [0.15, 0.2) is 0 Å². The van der Waals surface area contributed by atoms with Gasteiger partial charge >= 0.3 is 12.0 Å². The largest absolute Gasteiger partial charge is 0.497 e. The number of nitrogens with one attached hydrogen (secondary N) is 1. The molecule has 0 aliphatic carbocycles. The lowest BCUT2D eigenvalue weighted by atomic mass is 10.1. The number of benzene rings is 1. The van der Waals surface area contributed by atoms with E-state index in [1.165, 1.54) is 4.90 Å². The summed E-state index contributed by atoms with van der Waals surface area (Å²) < 4.78 is 5.07. The van der Waals surface area contributed by atoms with Crippen molar-refractivity contribution < 1.29 is 19.4 Å². The van der Waals surface area contributed by atoms with Crippen LogP contribution in [0.1, 0.15) is 26.2 Å². The van der Waals surface area contributed by atoms with E-state index in [4.69, 9.17) is 9.84 Å². The lowest BCUT2D eigenvalue weighted by Crippen LogP contribution is -2.44. The number of aliphatic carboxylic acids is 1. The van der Waals surface area contributed by atoms with Gasteiger partial charge in [-0.2, -0.15) is 0 Å². The maximum atomic E-state index is 12.2. The van der Waals surface area contributed by atoms with E-state index in [0.29, 0.717) is 17.9 Å². The van der Waals surface area contributed by atoms with Gasteiger partial charge in [-0.05, 0) is 30.7 Å². The maximum absolute atomic E-state index is 12.2. The number of carboxylic acids is 1. The molecule has 1 aromatic rings. The summed E-state index contributed by atoms with van der Waals surface area (Å²) in [5, 5.41) is 11.6. The van der Waals surface area contributed by atoms with Crippen molar-refractivity contribution in [1.29, 1.82) is 0 Å². The fraction of sp³-hybridized carbons (Fsp3) is 0.467. The Morgan fingerprint density at radius 2 is 1.95 bits per heavy atom. The van der Waals surface area contributed by atoms with Gasteiger partial charge in [0.05, 0.1) is 13.5 Å². The van der Waals surface area contributed by atoms with Gasteiger partial charge in [-0.1, -0.05) is 13.3 Å². The van der Waals surface area contributed by atoms with Crippen molar-refractivity contribution in [1.82, 2.24) is 5.32 Å². The molecule has 2 amide bonds. The normalized spacial score (nSPS) is 11.6. The van der Waals surface area contributed by atoms with Crippen LogP contribution in [0.5, 0.6) is 5.75 Å². The molecule has 6 nitrogen and oxygen atoms in total. The molecule has 1 rings (SSSR count). The average molecular weight is 294 g/mol. The highest BCUT2D eigenvalue weighted by atomic mass is 16.5. The molecule has 0 radical (unpaired) electrons. The Balaban J connectivity index is 2.68. The van der Waals surface area contributed by atoms with Gasteiger partial charge in [-0.3, -0.25) is 9.69 Å². The third-order valence-electron chi connectivity index (χ3n) is 3.15. The minimum atomic E-state index is -0.916. The smallest absolute Gasteiger partial charge is 0.321 e. The molecule has 1 aromatic carbocycles. The Morgan fingerprint density at radius 1 is 1.33 bits per heavy atom. The van der Waals surface area contributed by atoms with Crippen molar-refractivity contribution in [3.63, 3.8) is 0 Å². The van der Waals surface area contributed by atoms with E-state index in [1.54, 1.807) is 38.4 Å². The highest BCUT2D eigenvalue weighted by Crippen LogP contribution is 2.18. The first-order valence-corrected chi connectivity index (χ1v) is 6.88. The SMILES string of the molecule is CCCC(CC(=O)O)NC(=O)N(C)c1ccc(OC)cc1. The van der Waals surface area contributed by atoms with Crippen LogP contribution in [0.15, 0.2) is 24.3 Å². The molecule has 0 saturated heterocycles. The third kappa shape index (κ3) is 5.33. The zero-order valence-corrected chi connectivity index (χ0v) is 12.6. The quantitative estimate of drug-likeness (QED) is 0.809. The molecule has 21 heavy (non-hydrogen) atoms. The van der Waals surface area contributed by atoms with Gasteiger partial charge in [0.25, 0.3) is 0 Å². The van der Waals surface area contributed by atoms with E-state index in [0.717, 1.165) is 6.42 Å². The van der Waals surface area contributed by atoms with Crippen LogP contribution in [0, 0.1) is 0 Å². The van der Waals surface area contributed by atoms with Crippen LogP contribution < -0.4 is 15.0 Å². The van der Waals surface area contributed by atoms with E-state index in [9.17, 15) is 9.59 Å². The zero-order valence-electron chi connectivity index (χ0n) is 12.6. The summed E-state index contributed by atoms with van der Waals surface area (Å²) in [5.74, 6) is -0.205. The summed E-state index contributed by atoms with van der Waals surface area (Å²) in [6.45, 7) is 1.95. The first kappa shape index (κ1) is 16.8. The zero-order chi connectivity index (χ0) is 15.8. The number of carbonyl (C=O) groups excluding carboxylic acids is 1. The average Bonchev–Trinajstić information content (AvgIpc) is 2.46. The number of amides is 2. The van der Waals surface area contributed by atoms with Crippen molar-refractivity contribution in [2.75, 3.05) is 19.1 Å². The Bertz CT molecular complexity index is 473. The van der Waals surface area contributed by atoms with Crippen LogP contribution >= 0.6 is 0 Å². The number of ether oxygens (including phenoxy) is 1. The summed E-state index contributed by atoms with van der Waals surface area (Å²) in [5.41, 5.74) is 0.707. The number of anilines is 1. The number of carbonyl (C=O) groups is 2. The molecule has 1 atom stereocenters. The molecule has 0 spiro atoms. The Kier molecular flexibility index (Phi) is 6.52. The van der Waals surface area contributed by atoms with Crippen molar-refractivity contribution in [3.05, 3.63) is 24.3 Å². The van der Waals surface area contributed by atoms with E-state index in [-0.39, 0.29) is 18.5 Å². The summed E-state index contributed by atoms with van der Waals surface area (Å²) in [6, 6.07) is 6.38. The molecule has 0 heterocycles. The molecular formula is C15H22N2O4. The second-order valence-electron chi connectivity index (χ2n) is 4.79. The molecule has 0 fully saturated rings. The predicted molar refractivity (Wildman–Crippen MR) is 80.9 cm³/mol. The fourth-order valence-corrected chi connectivity index (χ4v) is 1.98. The Labute approximate surface area is 124 Å². The minimum absolute atomic E-state index is 0.0734. The molecule has 0 saturated carbocycles. The van der Waals surface area contributed by atoms with Gasteiger partial charge in [0.1, 0.15) is 5.75 Å². The fourth-order valence-electron chi connectivity index (χ4n) is 1.98. The first-order valence-electron chi connectivity index (χ1n) is 6.88. The lowest BCUT2D eigenvalue weighted by Gasteiger charge is -2.22. The number of nitrogens with zero attached hydrogens (tertiary/aromatic N) is 1. The molecule has 6 heteroatoms. The number of rotatable bonds is 7. The predicted octanol–water partition coefficient (Wildman–Crippen LogP) is 2.48. The van der Waals surface area contributed by atoms with Gasteiger partial charge in [-0.25, -0.2) is 4.79 Å². The topological polar surface area (TPSA) is 78.9 Å². The van der Waals surface area contributed by atoms with Gasteiger partial charge in [-0.15, -0.1) is 0 Å². The minimum Gasteiger partial charge on any atom is -0.497 e. The number of carboxylic acid groups (broad SMARTS) is 1. The van der Waals surface area contributed by atoms with Crippen LogP contribution in [-0.4, -0.2) is 37.3 Å². The summed E-state index contributed by atoms with van der Waals surface area (Å²) >= 11 is 0. The highest BCUT2D eigenvalue weighted by Gasteiger charge is 2.18. The van der Waals surface area contributed by atoms with Gasteiger partial charge in [0, 0.05) is 18.8 Å². The molecule has 0 bridgehead atoms. The van der Waals surface area contributed by atoms with Crippen LogP contribution in [0.3, 0.4) is 0 Å². The molecular weight excluding hydrogens is 272 g/mol. The van der Waals surface area contributed by atoms with Crippen molar-refractivity contribution in [2.45, 2.75) is 32.2 Å². The van der Waals surface area contributed by atoms with Crippen LogP contribution in [0.25, 0.3) is 0 Å². The van der Waals surface area contributed by atoms with E-state index in [1.807, 2.05) is 6.92 Å². The standard InChI is InChI=1S/C15H22N2O4/c1-4-5-11(10-14(18)19)16-15(20)17(2)12-6-8-13(21-3)9-7-12/h6-9,11H,4-5,10H2,1-3H3,(H,16,20)(H,18,19). The van der Waals surface area contributed by atoms with Crippen LogP contribution in [-0.2, 0) is 4.79 Å². The summed E-state index contributed by atoms with van der Waals surface area (Å²) in [6.07, 6.45) is 1.37. The van der Waals surface area contributed by atoms with E-state index < -0.39 is 5.97 Å². The monoisotopic (exact) mass is 294 g/mol. The van der Waals surface area contributed by atoms with Crippen LogP contribution in [0.4, 0.5) is 10.5 Å². The Hall–Kier alpha value is -2.24. The second kappa shape index (κ2) is 8.14. The first-order chi connectivity index (χ1) is 9.97. The third-order valence-corrected chi connectivity index (χ3v) is 3.15. The van der Waals surface area contributed by atoms with Gasteiger partial charge in [0.2, 0.25) is 0 Å². The van der Waals surface area contributed by atoms with Crippen molar-refractivity contribution in [3.8, 4) is 5.75 Å². The molecule has 1 unspecified atom stereocenters. The summed E-state index contributed by atoms with van der Waals surface area (Å²) in [4.78, 5) is 24.4. The van der Waals surface area contributed by atoms with E-state index in [2.05, 4.69) is 5.32 Å². The molecule has 2 N–H and O–H groups in total. The number of hydrogen-bond donors (Lipinski definition) is 2. The summed E-state index contributed by atoms with van der Waals surface area (Å²) in [7, 11) is 3.22. The molecule has 0 aliphatic rings. The van der Waals surface area contributed by atoms with Crippen molar-refractivity contribution in [2.24, 2.45) is 0 Å². The second-order valence-corrected chi connectivity index (χ2v) is 4.79. The maximum Gasteiger partial charge on any atom is 0.321 e. The molecule has 0 aliphatic heterocycles. The number of methoxy groups -OCH3 is 1. The van der Waals surface area contributed by atoms with Crippen molar-refractivity contribution >= 4 is 17.7 Å². The van der Waals surface area contributed by atoms with E-state index >= 15 is 0 Å².